The van der Waals surface area contributed by atoms with E-state index in [0.717, 1.165) is 20.2 Å². The third-order valence-electron chi connectivity index (χ3n) is 4.88. The standard InChI is InChI=1S/C21H18BrClN6O2/c1-27-18-17(19(30)28(2)21(27)31)29(12-14-5-3-4-6-16(14)23)20(25-18)26-24-11-13-7-9-15(22)10-8-13/h3-11H,12H2,1-2H3,(H,25,26)/b24-11+. The Hall–Kier alpha value is -3.17. The summed E-state index contributed by atoms with van der Waals surface area (Å²) in [6.07, 6.45) is 1.64. The molecule has 0 aliphatic carbocycles. The number of hydrogen-bond donors (Lipinski definition) is 1. The SMILES string of the molecule is Cn1c(=O)c2c(nc(N/N=C/c3ccc(Br)cc3)n2Cc2ccccc2Cl)n(C)c1=O. The summed E-state index contributed by atoms with van der Waals surface area (Å²) >= 11 is 9.74. The molecule has 0 atom stereocenters. The first kappa shape index (κ1) is 21.1. The molecule has 31 heavy (non-hydrogen) atoms. The molecule has 0 aliphatic rings. The Morgan fingerprint density at radius 3 is 2.52 bits per heavy atom. The van der Waals surface area contributed by atoms with Crippen molar-refractivity contribution >= 4 is 50.9 Å². The van der Waals surface area contributed by atoms with Crippen LogP contribution in [0.5, 0.6) is 0 Å². The summed E-state index contributed by atoms with van der Waals surface area (Å²) in [6.45, 7) is 0.278. The molecule has 0 fully saturated rings. The molecule has 2 aromatic carbocycles. The summed E-state index contributed by atoms with van der Waals surface area (Å²) in [4.78, 5) is 29.8. The van der Waals surface area contributed by atoms with Crippen molar-refractivity contribution in [2.75, 3.05) is 5.43 Å². The average Bonchev–Trinajstić information content (AvgIpc) is 3.12. The van der Waals surface area contributed by atoms with Gasteiger partial charge in [-0.15, -0.1) is 0 Å². The third kappa shape index (κ3) is 4.06. The Kier molecular flexibility index (Phi) is 5.79. The summed E-state index contributed by atoms with van der Waals surface area (Å²) < 4.78 is 5.04. The van der Waals surface area contributed by atoms with E-state index in [1.807, 2.05) is 42.5 Å². The molecule has 0 amide bonds. The number of rotatable bonds is 5. The van der Waals surface area contributed by atoms with E-state index >= 15 is 0 Å². The van der Waals surface area contributed by atoms with Gasteiger partial charge in [0.1, 0.15) is 0 Å². The Morgan fingerprint density at radius 1 is 1.10 bits per heavy atom. The average molecular weight is 502 g/mol. The van der Waals surface area contributed by atoms with Gasteiger partial charge >= 0.3 is 5.69 Å². The molecular weight excluding hydrogens is 484 g/mol. The lowest BCUT2D eigenvalue weighted by molar-refractivity contribution is 0.702. The van der Waals surface area contributed by atoms with E-state index in [2.05, 4.69) is 31.4 Å². The van der Waals surface area contributed by atoms with E-state index in [0.29, 0.717) is 11.0 Å². The summed E-state index contributed by atoms with van der Waals surface area (Å²) in [7, 11) is 3.02. The van der Waals surface area contributed by atoms with Crippen molar-refractivity contribution in [3.8, 4) is 0 Å². The van der Waals surface area contributed by atoms with Crippen molar-refractivity contribution in [3.05, 3.63) is 90.0 Å². The highest BCUT2D eigenvalue weighted by atomic mass is 79.9. The zero-order valence-electron chi connectivity index (χ0n) is 16.7. The molecule has 0 saturated carbocycles. The zero-order valence-corrected chi connectivity index (χ0v) is 19.1. The van der Waals surface area contributed by atoms with E-state index in [1.165, 1.54) is 11.6 Å². The highest BCUT2D eigenvalue weighted by Crippen LogP contribution is 2.22. The van der Waals surface area contributed by atoms with Crippen LogP contribution in [0.2, 0.25) is 5.02 Å². The zero-order chi connectivity index (χ0) is 22.1. The van der Waals surface area contributed by atoms with Gasteiger partial charge in [-0.05, 0) is 29.3 Å². The molecule has 8 nitrogen and oxygen atoms in total. The van der Waals surface area contributed by atoms with Gasteiger partial charge in [0.15, 0.2) is 11.2 Å². The second kappa shape index (κ2) is 8.52. The van der Waals surface area contributed by atoms with Crippen LogP contribution in [-0.2, 0) is 20.6 Å². The van der Waals surface area contributed by atoms with Gasteiger partial charge in [0.25, 0.3) is 5.56 Å². The molecule has 0 aliphatic heterocycles. The predicted octanol–water partition coefficient (Wildman–Crippen LogP) is 3.34. The van der Waals surface area contributed by atoms with E-state index in [1.54, 1.807) is 23.9 Å². The van der Waals surface area contributed by atoms with E-state index in [4.69, 9.17) is 11.6 Å². The molecule has 0 bridgehead atoms. The second-order valence-corrected chi connectivity index (χ2v) is 8.24. The number of benzene rings is 2. The fourth-order valence-corrected chi connectivity index (χ4v) is 3.66. The summed E-state index contributed by atoms with van der Waals surface area (Å²) in [5.74, 6) is 0.321. The number of hydrogen-bond acceptors (Lipinski definition) is 5. The first-order valence-electron chi connectivity index (χ1n) is 9.31. The lowest BCUT2D eigenvalue weighted by atomic mass is 10.2. The maximum absolute atomic E-state index is 12.9. The van der Waals surface area contributed by atoms with Gasteiger partial charge in [-0.1, -0.05) is 57.9 Å². The first-order chi connectivity index (χ1) is 14.9. The second-order valence-electron chi connectivity index (χ2n) is 6.91. The molecular formula is C21H18BrClN6O2. The molecule has 0 radical (unpaired) electrons. The quantitative estimate of drug-likeness (QED) is 0.336. The van der Waals surface area contributed by atoms with Gasteiger partial charge in [-0.3, -0.25) is 18.5 Å². The van der Waals surface area contributed by atoms with E-state index in [9.17, 15) is 9.59 Å². The van der Waals surface area contributed by atoms with Crippen molar-refractivity contribution in [3.63, 3.8) is 0 Å². The molecule has 4 aromatic rings. The van der Waals surface area contributed by atoms with Crippen molar-refractivity contribution in [2.24, 2.45) is 19.2 Å². The van der Waals surface area contributed by atoms with Gasteiger partial charge in [0.05, 0.1) is 12.8 Å². The smallest absolute Gasteiger partial charge is 0.298 e. The Balaban J connectivity index is 1.83. The predicted molar refractivity (Wildman–Crippen MR) is 126 cm³/mol. The molecule has 4 rings (SSSR count). The highest BCUT2D eigenvalue weighted by molar-refractivity contribution is 9.10. The van der Waals surface area contributed by atoms with Gasteiger partial charge in [0.2, 0.25) is 5.95 Å². The van der Waals surface area contributed by atoms with Gasteiger partial charge < -0.3 is 0 Å². The Labute approximate surface area is 190 Å². The number of anilines is 1. The number of fused-ring (bicyclic) bond motifs is 1. The molecule has 1 N–H and O–H groups in total. The first-order valence-corrected chi connectivity index (χ1v) is 10.5. The van der Waals surface area contributed by atoms with Crippen molar-refractivity contribution in [1.29, 1.82) is 0 Å². The minimum absolute atomic E-state index is 0.265. The molecule has 2 aromatic heterocycles. The summed E-state index contributed by atoms with van der Waals surface area (Å²) in [5.41, 5.74) is 4.24. The van der Waals surface area contributed by atoms with Crippen LogP contribution in [0.1, 0.15) is 11.1 Å². The summed E-state index contributed by atoms with van der Waals surface area (Å²) in [5, 5.41) is 4.83. The number of aromatic nitrogens is 4. The highest BCUT2D eigenvalue weighted by Gasteiger charge is 2.19. The summed E-state index contributed by atoms with van der Waals surface area (Å²) in [6, 6.07) is 15.0. The Bertz CT molecular complexity index is 1420. The van der Waals surface area contributed by atoms with Crippen LogP contribution in [0.3, 0.4) is 0 Å². The van der Waals surface area contributed by atoms with Crippen LogP contribution >= 0.6 is 27.5 Å². The van der Waals surface area contributed by atoms with Gasteiger partial charge in [-0.2, -0.15) is 10.1 Å². The normalized spacial score (nSPS) is 11.5. The van der Waals surface area contributed by atoms with Crippen LogP contribution in [0, 0.1) is 0 Å². The molecule has 0 saturated heterocycles. The molecule has 10 heteroatoms. The third-order valence-corrected chi connectivity index (χ3v) is 5.78. The monoisotopic (exact) mass is 500 g/mol. The van der Waals surface area contributed by atoms with Crippen LogP contribution in [0.15, 0.2) is 67.7 Å². The van der Waals surface area contributed by atoms with Crippen molar-refractivity contribution in [1.82, 2.24) is 18.7 Å². The van der Waals surface area contributed by atoms with Gasteiger partial charge in [-0.25, -0.2) is 10.2 Å². The topological polar surface area (TPSA) is 86.2 Å². The molecule has 0 spiro atoms. The maximum atomic E-state index is 12.9. The Morgan fingerprint density at radius 2 is 1.81 bits per heavy atom. The lowest BCUT2D eigenvalue weighted by Crippen LogP contribution is -2.37. The molecule has 158 valence electrons. The number of nitrogens with zero attached hydrogens (tertiary/aromatic N) is 5. The minimum atomic E-state index is -0.454. The van der Waals surface area contributed by atoms with Crippen LogP contribution in [0.4, 0.5) is 5.95 Å². The number of nitrogens with one attached hydrogen (secondary N) is 1. The number of aryl methyl sites for hydroxylation is 1. The van der Waals surface area contributed by atoms with E-state index < -0.39 is 11.2 Å². The number of halogens is 2. The minimum Gasteiger partial charge on any atom is -0.298 e. The van der Waals surface area contributed by atoms with Crippen molar-refractivity contribution < 1.29 is 0 Å². The lowest BCUT2D eigenvalue weighted by Gasteiger charge is -2.10. The van der Waals surface area contributed by atoms with Gasteiger partial charge in [0, 0.05) is 23.6 Å². The molecule has 0 unspecified atom stereocenters. The number of hydrazone groups is 1. The van der Waals surface area contributed by atoms with Crippen LogP contribution < -0.4 is 16.7 Å². The van der Waals surface area contributed by atoms with Crippen LogP contribution in [-0.4, -0.2) is 24.9 Å². The van der Waals surface area contributed by atoms with Crippen molar-refractivity contribution in [2.45, 2.75) is 6.54 Å². The largest absolute Gasteiger partial charge is 0.332 e. The maximum Gasteiger partial charge on any atom is 0.332 e. The molecule has 2 heterocycles. The number of imidazole rings is 1. The fraction of sp³-hybridized carbons (Fsp3) is 0.143. The van der Waals surface area contributed by atoms with Crippen LogP contribution in [0.25, 0.3) is 11.2 Å². The van der Waals surface area contributed by atoms with E-state index in [-0.39, 0.29) is 17.7 Å². The fourth-order valence-electron chi connectivity index (χ4n) is 3.20.